The van der Waals surface area contributed by atoms with Crippen molar-refractivity contribution in [1.82, 2.24) is 9.97 Å². The molecular formula is C11H21N5. The molecular weight excluding hydrogens is 202 g/mol. The lowest BCUT2D eigenvalue weighted by molar-refractivity contribution is 0.493. The van der Waals surface area contributed by atoms with Gasteiger partial charge in [0.2, 0.25) is 5.95 Å². The van der Waals surface area contributed by atoms with Crippen LogP contribution in [0.4, 0.5) is 17.6 Å². The normalized spacial score (nSPS) is 14.2. The molecule has 5 nitrogen and oxygen atoms in total. The monoisotopic (exact) mass is 223 g/mol. The smallest absolute Gasteiger partial charge is 0.223 e. The van der Waals surface area contributed by atoms with Crippen LogP contribution in [0.15, 0.2) is 6.07 Å². The van der Waals surface area contributed by atoms with Crippen LogP contribution in [0.3, 0.4) is 0 Å². The van der Waals surface area contributed by atoms with Crippen LogP contribution in [-0.4, -0.2) is 23.1 Å². The second-order valence-corrected chi connectivity index (χ2v) is 4.07. The van der Waals surface area contributed by atoms with Gasteiger partial charge in [0.05, 0.1) is 0 Å². The number of anilines is 3. The summed E-state index contributed by atoms with van der Waals surface area (Å²) in [5.41, 5.74) is 5.62. The highest BCUT2D eigenvalue weighted by Gasteiger charge is 2.11. The van der Waals surface area contributed by atoms with Crippen molar-refractivity contribution in [3.8, 4) is 0 Å². The van der Waals surface area contributed by atoms with Crippen LogP contribution >= 0.6 is 0 Å². The van der Waals surface area contributed by atoms with Gasteiger partial charge in [-0.15, -0.1) is 0 Å². The molecule has 1 rings (SSSR count). The summed E-state index contributed by atoms with van der Waals surface area (Å²) in [6.07, 6.45) is 1.13. The van der Waals surface area contributed by atoms with E-state index in [1.54, 1.807) is 0 Å². The summed E-state index contributed by atoms with van der Waals surface area (Å²) in [4.78, 5) is 8.19. The predicted octanol–water partition coefficient (Wildman–Crippen LogP) is 1.95. The first kappa shape index (κ1) is 12.5. The maximum atomic E-state index is 5.62. The third-order valence-electron chi connectivity index (χ3n) is 2.87. The second kappa shape index (κ2) is 5.53. The van der Waals surface area contributed by atoms with Crippen molar-refractivity contribution in [3.05, 3.63) is 6.07 Å². The molecule has 0 aromatic carbocycles. The Morgan fingerprint density at radius 2 is 1.94 bits per heavy atom. The fourth-order valence-electron chi connectivity index (χ4n) is 1.40. The first-order valence-electron chi connectivity index (χ1n) is 5.65. The Kier molecular flexibility index (Phi) is 4.34. The molecule has 0 fully saturated rings. The molecule has 2 atom stereocenters. The molecule has 1 heterocycles. The highest BCUT2D eigenvalue weighted by molar-refractivity contribution is 5.51. The Bertz CT molecular complexity index is 339. The van der Waals surface area contributed by atoms with Gasteiger partial charge in [-0.3, -0.25) is 0 Å². The third kappa shape index (κ3) is 3.25. The standard InChI is InChI=1S/C11H21N5/c1-5-7(2)8(3)14-10-6-9(13-4)15-11(12)16-10/h6-8H,5H2,1-4H3,(H4,12,13,14,15,16). The fraction of sp³-hybridized carbons (Fsp3) is 0.636. The largest absolute Gasteiger partial charge is 0.373 e. The van der Waals surface area contributed by atoms with Gasteiger partial charge >= 0.3 is 0 Å². The number of hydrogen-bond acceptors (Lipinski definition) is 5. The van der Waals surface area contributed by atoms with Gasteiger partial charge in [0.15, 0.2) is 0 Å². The second-order valence-electron chi connectivity index (χ2n) is 4.07. The van der Waals surface area contributed by atoms with Crippen molar-refractivity contribution in [2.75, 3.05) is 23.4 Å². The maximum absolute atomic E-state index is 5.62. The minimum absolute atomic E-state index is 0.283. The molecule has 0 spiro atoms. The molecule has 1 aromatic rings. The maximum Gasteiger partial charge on any atom is 0.223 e. The van der Waals surface area contributed by atoms with Crippen LogP contribution in [0.25, 0.3) is 0 Å². The van der Waals surface area contributed by atoms with E-state index in [0.29, 0.717) is 12.0 Å². The first-order chi connectivity index (χ1) is 7.56. The zero-order chi connectivity index (χ0) is 12.1. The molecule has 0 radical (unpaired) electrons. The lowest BCUT2D eigenvalue weighted by Crippen LogP contribution is -2.24. The highest BCUT2D eigenvalue weighted by Crippen LogP contribution is 2.16. The molecule has 0 aliphatic carbocycles. The Morgan fingerprint density at radius 3 is 2.50 bits per heavy atom. The van der Waals surface area contributed by atoms with Crippen molar-refractivity contribution in [2.24, 2.45) is 5.92 Å². The Labute approximate surface area is 96.9 Å². The molecule has 0 aliphatic heterocycles. The van der Waals surface area contributed by atoms with Gasteiger partial charge in [-0.05, 0) is 12.8 Å². The van der Waals surface area contributed by atoms with E-state index in [9.17, 15) is 0 Å². The van der Waals surface area contributed by atoms with Gasteiger partial charge in [-0.2, -0.15) is 9.97 Å². The lowest BCUT2D eigenvalue weighted by atomic mass is 10.0. The predicted molar refractivity (Wildman–Crippen MR) is 68.5 cm³/mol. The molecule has 0 bridgehead atoms. The Hall–Kier alpha value is -1.52. The Morgan fingerprint density at radius 1 is 1.31 bits per heavy atom. The minimum atomic E-state index is 0.283. The van der Waals surface area contributed by atoms with Crippen molar-refractivity contribution in [2.45, 2.75) is 33.2 Å². The molecule has 1 aromatic heterocycles. The van der Waals surface area contributed by atoms with E-state index in [1.165, 1.54) is 0 Å². The summed E-state index contributed by atoms with van der Waals surface area (Å²) in [5, 5.41) is 6.29. The fourth-order valence-corrected chi connectivity index (χ4v) is 1.40. The summed E-state index contributed by atoms with van der Waals surface area (Å²) in [6, 6.07) is 2.22. The average molecular weight is 223 g/mol. The number of nitrogen functional groups attached to an aromatic ring is 1. The van der Waals surface area contributed by atoms with E-state index in [2.05, 4.69) is 41.4 Å². The Balaban J connectivity index is 2.76. The molecule has 4 N–H and O–H groups in total. The number of aromatic nitrogens is 2. The summed E-state index contributed by atoms with van der Waals surface area (Å²) >= 11 is 0. The summed E-state index contributed by atoms with van der Waals surface area (Å²) in [6.45, 7) is 6.53. The van der Waals surface area contributed by atoms with Gasteiger partial charge in [-0.1, -0.05) is 20.3 Å². The molecule has 2 unspecified atom stereocenters. The number of hydrogen-bond donors (Lipinski definition) is 3. The number of rotatable bonds is 5. The third-order valence-corrected chi connectivity index (χ3v) is 2.87. The van der Waals surface area contributed by atoms with E-state index in [-0.39, 0.29) is 5.95 Å². The molecule has 5 heteroatoms. The van der Waals surface area contributed by atoms with Crippen LogP contribution in [0.5, 0.6) is 0 Å². The minimum Gasteiger partial charge on any atom is -0.373 e. The molecule has 0 aliphatic rings. The zero-order valence-electron chi connectivity index (χ0n) is 10.4. The van der Waals surface area contributed by atoms with Gasteiger partial charge in [-0.25, -0.2) is 0 Å². The van der Waals surface area contributed by atoms with Crippen molar-refractivity contribution >= 4 is 17.6 Å². The topological polar surface area (TPSA) is 75.9 Å². The van der Waals surface area contributed by atoms with Gasteiger partial charge in [0, 0.05) is 19.2 Å². The molecule has 90 valence electrons. The average Bonchev–Trinajstić information content (AvgIpc) is 2.26. The number of nitrogens with one attached hydrogen (secondary N) is 2. The molecule has 0 saturated carbocycles. The van der Waals surface area contributed by atoms with Crippen LogP contribution in [0, 0.1) is 5.92 Å². The summed E-state index contributed by atoms with van der Waals surface area (Å²) in [7, 11) is 1.81. The SMILES string of the molecule is CCC(C)C(C)Nc1cc(NC)nc(N)n1. The van der Waals surface area contributed by atoms with Gasteiger partial charge in [0.1, 0.15) is 11.6 Å². The van der Waals surface area contributed by atoms with Crippen molar-refractivity contribution in [3.63, 3.8) is 0 Å². The van der Waals surface area contributed by atoms with Crippen LogP contribution in [-0.2, 0) is 0 Å². The van der Waals surface area contributed by atoms with E-state index in [1.807, 2.05) is 13.1 Å². The zero-order valence-corrected chi connectivity index (χ0v) is 10.4. The van der Waals surface area contributed by atoms with E-state index >= 15 is 0 Å². The number of nitrogens with two attached hydrogens (primary N) is 1. The first-order valence-corrected chi connectivity index (χ1v) is 5.65. The van der Waals surface area contributed by atoms with Crippen LogP contribution in [0.2, 0.25) is 0 Å². The molecule has 16 heavy (non-hydrogen) atoms. The van der Waals surface area contributed by atoms with Gasteiger partial charge in [0.25, 0.3) is 0 Å². The number of nitrogens with zero attached hydrogens (tertiary/aromatic N) is 2. The molecule has 0 saturated heterocycles. The summed E-state index contributed by atoms with van der Waals surface area (Å²) < 4.78 is 0. The van der Waals surface area contributed by atoms with E-state index in [0.717, 1.165) is 18.1 Å². The van der Waals surface area contributed by atoms with Crippen molar-refractivity contribution in [1.29, 1.82) is 0 Å². The highest BCUT2D eigenvalue weighted by atomic mass is 15.1. The van der Waals surface area contributed by atoms with Gasteiger partial charge < -0.3 is 16.4 Å². The van der Waals surface area contributed by atoms with Crippen LogP contribution < -0.4 is 16.4 Å². The summed E-state index contributed by atoms with van der Waals surface area (Å²) in [5.74, 6) is 2.37. The lowest BCUT2D eigenvalue weighted by Gasteiger charge is -2.20. The van der Waals surface area contributed by atoms with Crippen LogP contribution in [0.1, 0.15) is 27.2 Å². The van der Waals surface area contributed by atoms with E-state index in [4.69, 9.17) is 5.73 Å². The quantitative estimate of drug-likeness (QED) is 0.711. The van der Waals surface area contributed by atoms with E-state index < -0.39 is 0 Å². The van der Waals surface area contributed by atoms with Crippen molar-refractivity contribution < 1.29 is 0 Å². The molecule has 0 amide bonds.